The van der Waals surface area contributed by atoms with E-state index in [2.05, 4.69) is 15.2 Å². The quantitative estimate of drug-likeness (QED) is 0.723. The van der Waals surface area contributed by atoms with Gasteiger partial charge in [0.1, 0.15) is 12.2 Å². The topological polar surface area (TPSA) is 108 Å². The molecule has 2 fully saturated rings. The summed E-state index contributed by atoms with van der Waals surface area (Å²) in [5.41, 5.74) is 0.753. The van der Waals surface area contributed by atoms with Crippen LogP contribution in [-0.2, 0) is 21.2 Å². The fourth-order valence-corrected chi connectivity index (χ4v) is 5.01. The van der Waals surface area contributed by atoms with Crippen LogP contribution in [0, 0.1) is 0 Å². The van der Waals surface area contributed by atoms with E-state index in [4.69, 9.17) is 16.3 Å². The summed E-state index contributed by atoms with van der Waals surface area (Å²) in [6.45, 7) is 2.99. The zero-order valence-electron chi connectivity index (χ0n) is 17.3. The lowest BCUT2D eigenvalue weighted by Gasteiger charge is -2.34. The molecule has 0 saturated carbocycles. The van der Waals surface area contributed by atoms with E-state index >= 15 is 0 Å². The number of likely N-dealkylation sites (tertiary alicyclic amines) is 2. The number of nitrogens with zero attached hydrogens (tertiary/aromatic N) is 4. The number of urea groups is 1. The number of hydrogen-bond acceptors (Lipinski definition) is 6. The van der Waals surface area contributed by atoms with Crippen LogP contribution in [0.3, 0.4) is 0 Å². The van der Waals surface area contributed by atoms with Crippen LogP contribution in [0.15, 0.2) is 29.4 Å². The van der Waals surface area contributed by atoms with Gasteiger partial charge in [0.25, 0.3) is 0 Å². The van der Waals surface area contributed by atoms with E-state index in [1.54, 1.807) is 12.1 Å². The highest BCUT2D eigenvalue weighted by atomic mass is 35.5. The second-order valence-electron chi connectivity index (χ2n) is 8.11. The van der Waals surface area contributed by atoms with Gasteiger partial charge in [0, 0.05) is 43.4 Å². The monoisotopic (exact) mass is 467 g/mol. The van der Waals surface area contributed by atoms with Gasteiger partial charge in [-0.25, -0.2) is 18.2 Å². The molecule has 31 heavy (non-hydrogen) atoms. The number of carbonyl (C=O) groups excluding carboxylic acids is 1. The number of sulfone groups is 1. The minimum Gasteiger partial charge on any atom is -0.373 e. The van der Waals surface area contributed by atoms with Gasteiger partial charge in [-0.05, 0) is 37.0 Å². The Morgan fingerprint density at radius 3 is 2.61 bits per heavy atom. The Bertz CT molecular complexity index is 1020. The van der Waals surface area contributed by atoms with E-state index in [0.29, 0.717) is 31.3 Å². The Morgan fingerprint density at radius 1 is 1.23 bits per heavy atom. The number of aromatic nitrogens is 3. The summed E-state index contributed by atoms with van der Waals surface area (Å²) in [6.07, 6.45) is 5.08. The average Bonchev–Trinajstić information content (AvgIpc) is 3.44. The Morgan fingerprint density at radius 2 is 1.97 bits per heavy atom. The van der Waals surface area contributed by atoms with Crippen LogP contribution in [0.25, 0.3) is 0 Å². The number of aromatic amines is 1. The SMILES string of the molecule is CS(=O)(=O)c1ccc(COC2CCN(C(=O)N3CC[C@H](c4ncn[nH]4)C3)CC2)c(Cl)c1. The molecule has 2 aliphatic heterocycles. The minimum absolute atomic E-state index is 0.0372. The van der Waals surface area contributed by atoms with Crippen LogP contribution in [0.4, 0.5) is 4.79 Å². The molecule has 3 heterocycles. The number of halogens is 1. The van der Waals surface area contributed by atoms with Crippen molar-refractivity contribution in [1.82, 2.24) is 25.0 Å². The third kappa shape index (κ3) is 5.19. The van der Waals surface area contributed by atoms with Crippen molar-refractivity contribution >= 4 is 27.5 Å². The lowest BCUT2D eigenvalue weighted by Crippen LogP contribution is -2.47. The molecule has 0 radical (unpaired) electrons. The highest BCUT2D eigenvalue weighted by molar-refractivity contribution is 7.90. The molecule has 1 aromatic carbocycles. The average molecular weight is 468 g/mol. The number of carbonyl (C=O) groups is 1. The predicted molar refractivity (Wildman–Crippen MR) is 115 cm³/mol. The highest BCUT2D eigenvalue weighted by Gasteiger charge is 2.33. The third-order valence-corrected chi connectivity index (χ3v) is 7.38. The molecule has 4 rings (SSSR count). The summed E-state index contributed by atoms with van der Waals surface area (Å²) >= 11 is 6.23. The van der Waals surface area contributed by atoms with Crippen molar-refractivity contribution in [2.45, 2.75) is 42.8 Å². The molecule has 2 aromatic rings. The molecule has 0 spiro atoms. The van der Waals surface area contributed by atoms with Crippen LogP contribution in [0.5, 0.6) is 0 Å². The van der Waals surface area contributed by atoms with E-state index in [0.717, 1.165) is 43.5 Å². The van der Waals surface area contributed by atoms with Gasteiger partial charge in [0.15, 0.2) is 9.84 Å². The normalized spacial score (nSPS) is 20.4. The van der Waals surface area contributed by atoms with E-state index in [1.165, 1.54) is 12.4 Å². The molecule has 0 bridgehead atoms. The third-order valence-electron chi connectivity index (χ3n) is 5.92. The van der Waals surface area contributed by atoms with Crippen molar-refractivity contribution in [1.29, 1.82) is 0 Å². The fraction of sp³-hybridized carbons (Fsp3) is 0.550. The number of hydrogen-bond donors (Lipinski definition) is 1. The van der Waals surface area contributed by atoms with Gasteiger partial charge < -0.3 is 14.5 Å². The first-order valence-corrected chi connectivity index (χ1v) is 12.6. The fourth-order valence-electron chi connectivity index (χ4n) is 4.07. The van der Waals surface area contributed by atoms with E-state index in [-0.39, 0.29) is 22.9 Å². The van der Waals surface area contributed by atoms with Crippen LogP contribution >= 0.6 is 11.6 Å². The largest absolute Gasteiger partial charge is 0.373 e. The molecule has 2 saturated heterocycles. The molecule has 1 atom stereocenters. The Balaban J connectivity index is 1.24. The standard InChI is InChI=1S/C20H26ClN5O4S/c1-31(28,29)17-3-2-15(18(21)10-17)12-30-16-5-8-25(9-6-16)20(27)26-7-4-14(11-26)19-22-13-23-24-19/h2-3,10,13-14,16H,4-9,11-12H2,1H3,(H,22,23,24)/t14-/m0/s1. The molecule has 168 valence electrons. The van der Waals surface area contributed by atoms with Crippen molar-refractivity contribution in [3.8, 4) is 0 Å². The molecule has 0 aliphatic carbocycles. The van der Waals surface area contributed by atoms with Crippen molar-refractivity contribution in [3.05, 3.63) is 40.9 Å². The van der Waals surface area contributed by atoms with Gasteiger partial charge in [0.2, 0.25) is 0 Å². The molecular weight excluding hydrogens is 442 g/mol. The lowest BCUT2D eigenvalue weighted by atomic mass is 10.1. The summed E-state index contributed by atoms with van der Waals surface area (Å²) in [5, 5.41) is 7.17. The smallest absolute Gasteiger partial charge is 0.320 e. The molecule has 1 N–H and O–H groups in total. The Labute approximate surface area is 186 Å². The second-order valence-corrected chi connectivity index (χ2v) is 10.5. The number of nitrogens with one attached hydrogen (secondary N) is 1. The van der Waals surface area contributed by atoms with Gasteiger partial charge in [-0.2, -0.15) is 5.10 Å². The van der Waals surface area contributed by atoms with Gasteiger partial charge >= 0.3 is 6.03 Å². The maximum absolute atomic E-state index is 12.9. The van der Waals surface area contributed by atoms with Crippen LogP contribution < -0.4 is 0 Å². The molecule has 2 aliphatic rings. The molecule has 1 aromatic heterocycles. The van der Waals surface area contributed by atoms with Crippen molar-refractivity contribution in [3.63, 3.8) is 0 Å². The summed E-state index contributed by atoms with van der Waals surface area (Å²) in [7, 11) is -3.29. The Kier molecular flexibility index (Phi) is 6.49. The molecule has 0 unspecified atom stereocenters. The van der Waals surface area contributed by atoms with Crippen LogP contribution in [0.1, 0.15) is 36.6 Å². The highest BCUT2D eigenvalue weighted by Crippen LogP contribution is 2.27. The number of ether oxygens (including phenoxy) is 1. The summed E-state index contributed by atoms with van der Waals surface area (Å²) in [5.74, 6) is 1.05. The van der Waals surface area contributed by atoms with Crippen LogP contribution in [-0.4, -0.2) is 78.0 Å². The summed E-state index contributed by atoms with van der Waals surface area (Å²) in [6, 6.07) is 4.76. The Hall–Kier alpha value is -2.17. The van der Waals surface area contributed by atoms with Gasteiger partial charge in [0.05, 0.1) is 17.6 Å². The zero-order chi connectivity index (χ0) is 22.0. The van der Waals surface area contributed by atoms with E-state index in [1.807, 2.05) is 9.80 Å². The zero-order valence-corrected chi connectivity index (χ0v) is 18.9. The van der Waals surface area contributed by atoms with Crippen molar-refractivity contribution in [2.24, 2.45) is 0 Å². The number of benzene rings is 1. The van der Waals surface area contributed by atoms with E-state index in [9.17, 15) is 13.2 Å². The maximum Gasteiger partial charge on any atom is 0.320 e. The number of rotatable bonds is 5. The second kappa shape index (κ2) is 9.13. The van der Waals surface area contributed by atoms with Gasteiger partial charge in [-0.1, -0.05) is 17.7 Å². The first-order valence-electron chi connectivity index (χ1n) is 10.3. The predicted octanol–water partition coefficient (Wildman–Crippen LogP) is 2.45. The molecule has 2 amide bonds. The maximum atomic E-state index is 12.9. The molecule has 11 heteroatoms. The van der Waals surface area contributed by atoms with Crippen molar-refractivity contribution < 1.29 is 17.9 Å². The number of piperidine rings is 1. The minimum atomic E-state index is -3.29. The summed E-state index contributed by atoms with van der Waals surface area (Å²) < 4.78 is 29.2. The van der Waals surface area contributed by atoms with Crippen molar-refractivity contribution in [2.75, 3.05) is 32.4 Å². The van der Waals surface area contributed by atoms with Gasteiger partial charge in [-0.15, -0.1) is 0 Å². The first kappa shape index (κ1) is 22.0. The number of H-pyrrole nitrogens is 1. The molecular formula is C20H26ClN5O4S. The van der Waals surface area contributed by atoms with E-state index < -0.39 is 9.84 Å². The molecule has 9 nitrogen and oxygen atoms in total. The van der Waals surface area contributed by atoms with Gasteiger partial charge in [-0.3, -0.25) is 5.10 Å². The summed E-state index contributed by atoms with van der Waals surface area (Å²) in [4.78, 5) is 21.0. The number of amides is 2. The lowest BCUT2D eigenvalue weighted by molar-refractivity contribution is 0.00219. The van der Waals surface area contributed by atoms with Crippen LogP contribution in [0.2, 0.25) is 5.02 Å². The first-order chi connectivity index (χ1) is 14.8.